The highest BCUT2D eigenvalue weighted by atomic mass is 32.1. The normalized spacial score (nSPS) is 17.1. The lowest BCUT2D eigenvalue weighted by atomic mass is 9.33. The van der Waals surface area contributed by atoms with Crippen molar-refractivity contribution in [2.75, 3.05) is 9.80 Å². The van der Waals surface area contributed by atoms with E-state index in [2.05, 4.69) is 193 Å². The van der Waals surface area contributed by atoms with Crippen molar-refractivity contribution in [3.63, 3.8) is 0 Å². The number of nitrogens with zero attached hydrogens (tertiary/aromatic N) is 4. The fraction of sp³-hybridized carbons (Fsp3) is 0.294. The number of hydrogen-bond acceptors (Lipinski definition) is 5. The summed E-state index contributed by atoms with van der Waals surface area (Å²) in [4.78, 5) is 16.3. The molecule has 1 aliphatic carbocycles. The van der Waals surface area contributed by atoms with E-state index in [1.54, 1.807) is 0 Å². The van der Waals surface area contributed by atoms with E-state index < -0.39 is 0 Å². The third-order valence-electron chi connectivity index (χ3n) is 13.3. The van der Waals surface area contributed by atoms with Crippen LogP contribution in [0.25, 0.3) is 10.1 Å². The van der Waals surface area contributed by atoms with E-state index in [-0.39, 0.29) is 28.4 Å². The second-order valence-corrected chi connectivity index (χ2v) is 20.5. The number of aromatic nitrogens is 2. The summed E-state index contributed by atoms with van der Waals surface area (Å²) in [6.07, 6.45) is 2.33. The molecule has 4 heterocycles. The Kier molecular flexibility index (Phi) is 7.87. The summed E-state index contributed by atoms with van der Waals surface area (Å²) in [5, 5.41) is 1.29. The predicted molar refractivity (Wildman–Crippen MR) is 244 cm³/mol. The third kappa shape index (κ3) is 5.47. The zero-order chi connectivity index (χ0) is 39.6. The van der Waals surface area contributed by atoms with Gasteiger partial charge in [0.15, 0.2) is 0 Å². The monoisotopic (exact) mass is 762 g/mol. The fourth-order valence-electron chi connectivity index (χ4n) is 9.94. The highest BCUT2D eigenvalue weighted by Crippen LogP contribution is 2.51. The van der Waals surface area contributed by atoms with Crippen molar-refractivity contribution in [3.8, 4) is 0 Å². The maximum atomic E-state index is 5.83. The number of thiophene rings is 1. The molecular formula is C51H51BN4S. The molecule has 6 heteroatoms. The van der Waals surface area contributed by atoms with Crippen LogP contribution in [0.4, 0.5) is 34.5 Å². The lowest BCUT2D eigenvalue weighted by molar-refractivity contribution is 0.332. The maximum Gasteiger partial charge on any atom is 0.264 e. The highest BCUT2D eigenvalue weighted by molar-refractivity contribution is 7.33. The molecule has 10 rings (SSSR count). The van der Waals surface area contributed by atoms with Gasteiger partial charge in [-0.1, -0.05) is 141 Å². The molecule has 2 aliphatic heterocycles. The average molecular weight is 763 g/mol. The minimum atomic E-state index is -0.380. The molecule has 0 amide bonds. The van der Waals surface area contributed by atoms with Crippen LogP contribution in [0.2, 0.25) is 0 Å². The largest absolute Gasteiger partial charge is 0.294 e. The zero-order valence-corrected chi connectivity index (χ0v) is 35.6. The van der Waals surface area contributed by atoms with Gasteiger partial charge in [0.2, 0.25) is 5.95 Å². The predicted octanol–water partition coefficient (Wildman–Crippen LogP) is 11.7. The molecule has 5 aromatic carbocycles. The van der Waals surface area contributed by atoms with E-state index in [9.17, 15) is 0 Å². The Bertz CT molecular complexity index is 2680. The fourth-order valence-corrected chi connectivity index (χ4v) is 11.2. The molecule has 284 valence electrons. The van der Waals surface area contributed by atoms with Crippen LogP contribution in [0.1, 0.15) is 103 Å². The lowest BCUT2D eigenvalue weighted by Crippen LogP contribution is -2.64. The van der Waals surface area contributed by atoms with Crippen LogP contribution in [0.5, 0.6) is 0 Å². The van der Waals surface area contributed by atoms with Gasteiger partial charge in [-0.3, -0.25) is 9.80 Å². The molecule has 0 bridgehead atoms. The number of fused-ring (bicyclic) bond motifs is 7. The standard InChI is InChI=1S/C51H51BN4S/c1-48(2,3)32-24-27-41-36(30-32)43-45(57-41)52-40-23-17-16-22-38(40)51(8,9)44-42(52)46(56(43)35-25-26-37-39(31-35)50(6,7)29-28-49(37,4)5)54-47(53-44)55(33-18-12-10-13-19-33)34-20-14-11-15-21-34/h10-27,30-31H,28-29H2,1-9H3. The number of hydrogen-bond donors (Lipinski definition) is 0. The van der Waals surface area contributed by atoms with Gasteiger partial charge in [0.25, 0.3) is 6.71 Å². The Balaban J connectivity index is 1.35. The molecule has 0 radical (unpaired) electrons. The lowest BCUT2D eigenvalue weighted by Gasteiger charge is -2.45. The Morgan fingerprint density at radius 2 is 1.30 bits per heavy atom. The molecule has 0 saturated carbocycles. The van der Waals surface area contributed by atoms with Crippen LogP contribution in [0.3, 0.4) is 0 Å². The third-order valence-corrected chi connectivity index (χ3v) is 14.5. The number of para-hydroxylation sites is 2. The molecule has 3 aliphatic rings. The van der Waals surface area contributed by atoms with Crippen LogP contribution >= 0.6 is 11.3 Å². The molecule has 0 saturated heterocycles. The summed E-state index contributed by atoms with van der Waals surface area (Å²) in [6, 6.07) is 44.8. The zero-order valence-electron chi connectivity index (χ0n) is 34.7. The summed E-state index contributed by atoms with van der Waals surface area (Å²) in [5.41, 5.74) is 13.5. The van der Waals surface area contributed by atoms with E-state index in [4.69, 9.17) is 9.97 Å². The van der Waals surface area contributed by atoms with Gasteiger partial charge in [0, 0.05) is 37.3 Å². The van der Waals surface area contributed by atoms with Crippen molar-refractivity contribution in [2.24, 2.45) is 0 Å². The summed E-state index contributed by atoms with van der Waals surface area (Å²) >= 11 is 1.94. The van der Waals surface area contributed by atoms with E-state index in [1.807, 2.05) is 11.3 Å². The van der Waals surface area contributed by atoms with E-state index in [0.717, 1.165) is 35.0 Å². The van der Waals surface area contributed by atoms with Gasteiger partial charge in [0.1, 0.15) is 5.82 Å². The smallest absolute Gasteiger partial charge is 0.264 e. The van der Waals surface area contributed by atoms with Crippen molar-refractivity contribution in [3.05, 3.63) is 149 Å². The van der Waals surface area contributed by atoms with E-state index >= 15 is 0 Å². The van der Waals surface area contributed by atoms with E-state index in [0.29, 0.717) is 5.95 Å². The van der Waals surface area contributed by atoms with Crippen molar-refractivity contribution >= 4 is 78.4 Å². The molecule has 0 N–H and O–H groups in total. The van der Waals surface area contributed by atoms with E-state index in [1.165, 1.54) is 60.2 Å². The molecule has 57 heavy (non-hydrogen) atoms. The average Bonchev–Trinajstić information content (AvgIpc) is 3.57. The summed E-state index contributed by atoms with van der Waals surface area (Å²) in [5.74, 6) is 1.65. The van der Waals surface area contributed by atoms with Gasteiger partial charge in [-0.15, -0.1) is 11.3 Å². The molecule has 0 fully saturated rings. The van der Waals surface area contributed by atoms with Crippen LogP contribution in [0, 0.1) is 0 Å². The van der Waals surface area contributed by atoms with Crippen LogP contribution in [-0.2, 0) is 21.7 Å². The minimum Gasteiger partial charge on any atom is -0.294 e. The topological polar surface area (TPSA) is 32.3 Å². The molecule has 0 spiro atoms. The molecular weight excluding hydrogens is 711 g/mol. The van der Waals surface area contributed by atoms with Gasteiger partial charge in [-0.2, -0.15) is 4.98 Å². The molecule has 0 unspecified atom stereocenters. The Labute approximate surface area is 342 Å². The van der Waals surface area contributed by atoms with Crippen molar-refractivity contribution in [1.82, 2.24) is 9.97 Å². The molecule has 2 aromatic heterocycles. The first-order valence-electron chi connectivity index (χ1n) is 20.6. The van der Waals surface area contributed by atoms with Crippen LogP contribution in [-0.4, -0.2) is 16.7 Å². The Hall–Kier alpha value is -5.20. The van der Waals surface area contributed by atoms with Crippen molar-refractivity contribution in [2.45, 2.75) is 96.8 Å². The Morgan fingerprint density at radius 1 is 0.667 bits per heavy atom. The second kappa shape index (κ2) is 12.4. The first kappa shape index (κ1) is 36.2. The second-order valence-electron chi connectivity index (χ2n) is 19.4. The summed E-state index contributed by atoms with van der Waals surface area (Å²) in [7, 11) is 0. The number of benzene rings is 5. The SMILES string of the molecule is CC(C)(C)c1ccc2sc3c(c2c1)N(c1ccc2c(c1)C(C)(C)CCC2(C)C)c1nc(N(c2ccccc2)c2ccccc2)nc2c1B3c1ccccc1C2(C)C. The van der Waals surface area contributed by atoms with Crippen molar-refractivity contribution in [1.29, 1.82) is 0 Å². The van der Waals surface area contributed by atoms with Crippen LogP contribution < -0.4 is 25.5 Å². The molecule has 7 aromatic rings. The molecule has 0 atom stereocenters. The molecule has 4 nitrogen and oxygen atoms in total. The first-order chi connectivity index (χ1) is 27.1. The van der Waals surface area contributed by atoms with Gasteiger partial charge in [0.05, 0.1) is 11.4 Å². The van der Waals surface area contributed by atoms with Gasteiger partial charge >= 0.3 is 0 Å². The summed E-state index contributed by atoms with van der Waals surface area (Å²) < 4.78 is 2.67. The van der Waals surface area contributed by atoms with Crippen LogP contribution in [0.15, 0.2) is 121 Å². The quantitative estimate of drug-likeness (QED) is 0.167. The number of rotatable bonds is 4. The maximum absolute atomic E-state index is 5.83. The summed E-state index contributed by atoms with van der Waals surface area (Å²) in [6.45, 7) is 21.4. The first-order valence-corrected chi connectivity index (χ1v) is 21.4. The van der Waals surface area contributed by atoms with Crippen molar-refractivity contribution < 1.29 is 0 Å². The highest BCUT2D eigenvalue weighted by Gasteiger charge is 2.50. The Morgan fingerprint density at radius 3 is 1.96 bits per heavy atom. The van der Waals surface area contributed by atoms with Gasteiger partial charge in [-0.05, 0) is 105 Å². The minimum absolute atomic E-state index is 0.00230. The number of anilines is 6. The van der Waals surface area contributed by atoms with Gasteiger partial charge in [-0.25, -0.2) is 4.98 Å². The van der Waals surface area contributed by atoms with Gasteiger partial charge < -0.3 is 0 Å².